The fourth-order valence-electron chi connectivity index (χ4n) is 2.84. The van der Waals surface area contributed by atoms with E-state index in [1.165, 1.54) is 4.31 Å². The Kier molecular flexibility index (Phi) is 4.85. The van der Waals surface area contributed by atoms with Crippen LogP contribution in [0.15, 0.2) is 41.3 Å². The molecule has 0 radical (unpaired) electrons. The molecule has 1 aliphatic rings. The van der Waals surface area contributed by atoms with E-state index in [2.05, 4.69) is 11.8 Å². The molecular weight excluding hydrogens is 334 g/mol. The molecule has 1 N–H and O–H groups in total. The highest BCUT2D eigenvalue weighted by Gasteiger charge is 2.32. The number of sulfonamides is 1. The Hall–Kier alpha value is -2.29. The second-order valence-electron chi connectivity index (χ2n) is 6.24. The summed E-state index contributed by atoms with van der Waals surface area (Å²) in [5.74, 6) is 6.08. The average molecular weight is 355 g/mol. The Balaban J connectivity index is 1.90. The highest BCUT2D eigenvalue weighted by molar-refractivity contribution is 7.89. The molecule has 0 bridgehead atoms. The molecule has 0 aliphatic carbocycles. The molecule has 1 heterocycles. The first-order chi connectivity index (χ1) is 11.9. The Bertz CT molecular complexity index is 951. The number of unbranched alkanes of at least 4 members (excludes halogenated alkanes) is 1. The van der Waals surface area contributed by atoms with Crippen LogP contribution >= 0.6 is 0 Å². The number of rotatable bonds is 3. The fourth-order valence-corrected chi connectivity index (χ4v) is 4.22. The smallest absolute Gasteiger partial charge is 0.243 e. The third-order valence-corrected chi connectivity index (χ3v) is 6.12. The topological polar surface area (TPSA) is 57.6 Å². The van der Waals surface area contributed by atoms with Crippen LogP contribution in [0, 0.1) is 18.8 Å². The lowest BCUT2D eigenvalue weighted by Crippen LogP contribution is -2.25. The lowest BCUT2D eigenvalue weighted by Gasteiger charge is -2.15. The predicted molar refractivity (Wildman–Crippen MR) is 97.5 cm³/mol. The number of hydrogen-bond donors (Lipinski definition) is 1. The monoisotopic (exact) mass is 355 g/mol. The standard InChI is InChI=1S/C20H21NO3S/c1-3-4-5-6-16-9-10-17-13-21(14-19(17)20(16)22)25(23,24)18-11-7-15(2)8-12-18/h7-12,22H,3-4,13-14H2,1-2H3. The maximum atomic E-state index is 12.8. The van der Waals surface area contributed by atoms with Crippen molar-refractivity contribution >= 4 is 10.0 Å². The molecule has 0 atom stereocenters. The largest absolute Gasteiger partial charge is 0.506 e. The first kappa shape index (κ1) is 17.5. The Morgan fingerprint density at radius 2 is 1.84 bits per heavy atom. The van der Waals surface area contributed by atoms with E-state index in [-0.39, 0.29) is 23.7 Å². The van der Waals surface area contributed by atoms with E-state index in [1.54, 1.807) is 30.3 Å². The lowest BCUT2D eigenvalue weighted by molar-refractivity contribution is 0.422. The van der Waals surface area contributed by atoms with Gasteiger partial charge < -0.3 is 5.11 Å². The first-order valence-electron chi connectivity index (χ1n) is 8.33. The number of benzene rings is 2. The van der Waals surface area contributed by atoms with Gasteiger partial charge in [0.25, 0.3) is 0 Å². The minimum atomic E-state index is -3.59. The number of phenols is 1. The summed E-state index contributed by atoms with van der Waals surface area (Å²) < 4.78 is 27.1. The van der Waals surface area contributed by atoms with Gasteiger partial charge in [-0.3, -0.25) is 0 Å². The normalized spacial score (nSPS) is 14.0. The molecule has 2 aromatic rings. The molecule has 1 aliphatic heterocycles. The second kappa shape index (κ2) is 6.91. The van der Waals surface area contributed by atoms with Crippen LogP contribution in [0.4, 0.5) is 0 Å². The SMILES string of the molecule is CCCC#Cc1ccc2c(c1O)CN(S(=O)(=O)c1ccc(C)cc1)C2. The zero-order valence-corrected chi connectivity index (χ0v) is 15.2. The highest BCUT2D eigenvalue weighted by Crippen LogP contribution is 2.35. The van der Waals surface area contributed by atoms with Crippen molar-refractivity contribution in [2.24, 2.45) is 0 Å². The van der Waals surface area contributed by atoms with E-state index >= 15 is 0 Å². The summed E-state index contributed by atoms with van der Waals surface area (Å²) in [7, 11) is -3.59. The van der Waals surface area contributed by atoms with Gasteiger partial charge in [0, 0.05) is 25.1 Å². The minimum Gasteiger partial charge on any atom is -0.506 e. The van der Waals surface area contributed by atoms with Gasteiger partial charge in [0.2, 0.25) is 10.0 Å². The molecule has 0 spiro atoms. The van der Waals surface area contributed by atoms with E-state index in [1.807, 2.05) is 19.9 Å². The number of hydrogen-bond acceptors (Lipinski definition) is 3. The summed E-state index contributed by atoms with van der Waals surface area (Å²) >= 11 is 0. The van der Waals surface area contributed by atoms with Gasteiger partial charge in [-0.1, -0.05) is 42.5 Å². The summed E-state index contributed by atoms with van der Waals surface area (Å²) in [5.41, 5.74) is 3.05. The van der Waals surface area contributed by atoms with Crippen molar-refractivity contribution in [3.63, 3.8) is 0 Å². The molecule has 0 saturated carbocycles. The maximum absolute atomic E-state index is 12.8. The lowest BCUT2D eigenvalue weighted by atomic mass is 10.0. The van der Waals surface area contributed by atoms with Crippen molar-refractivity contribution in [2.45, 2.75) is 44.7 Å². The van der Waals surface area contributed by atoms with Gasteiger partial charge in [-0.05, 0) is 37.1 Å². The van der Waals surface area contributed by atoms with Gasteiger partial charge in [0.05, 0.1) is 10.5 Å². The van der Waals surface area contributed by atoms with Crippen molar-refractivity contribution < 1.29 is 13.5 Å². The van der Waals surface area contributed by atoms with E-state index in [0.717, 1.165) is 24.0 Å². The molecule has 25 heavy (non-hydrogen) atoms. The molecule has 2 aromatic carbocycles. The molecule has 0 saturated heterocycles. The maximum Gasteiger partial charge on any atom is 0.243 e. The van der Waals surface area contributed by atoms with Crippen LogP contribution in [0.3, 0.4) is 0 Å². The number of aryl methyl sites for hydroxylation is 1. The van der Waals surface area contributed by atoms with E-state index < -0.39 is 10.0 Å². The van der Waals surface area contributed by atoms with Crippen LogP contribution in [0.25, 0.3) is 0 Å². The number of aromatic hydroxyl groups is 1. The fraction of sp³-hybridized carbons (Fsp3) is 0.300. The number of nitrogens with zero attached hydrogens (tertiary/aromatic N) is 1. The minimum absolute atomic E-state index is 0.0997. The van der Waals surface area contributed by atoms with Gasteiger partial charge in [-0.2, -0.15) is 4.31 Å². The van der Waals surface area contributed by atoms with Crippen LogP contribution in [-0.2, 0) is 23.1 Å². The number of phenolic OH excluding ortho intramolecular Hbond substituents is 1. The van der Waals surface area contributed by atoms with Gasteiger partial charge in [-0.15, -0.1) is 0 Å². The third kappa shape index (κ3) is 3.41. The van der Waals surface area contributed by atoms with Crippen molar-refractivity contribution in [3.05, 3.63) is 58.7 Å². The third-order valence-electron chi connectivity index (χ3n) is 4.32. The summed E-state index contributed by atoms with van der Waals surface area (Å²) in [6.45, 7) is 4.40. The predicted octanol–water partition coefficient (Wildman–Crippen LogP) is 3.56. The van der Waals surface area contributed by atoms with Crippen LogP contribution < -0.4 is 0 Å². The van der Waals surface area contributed by atoms with Crippen LogP contribution in [0.1, 0.15) is 42.0 Å². The molecule has 5 heteroatoms. The Morgan fingerprint density at radius 3 is 2.52 bits per heavy atom. The second-order valence-corrected chi connectivity index (χ2v) is 8.18. The molecular formula is C20H21NO3S. The zero-order chi connectivity index (χ0) is 18.0. The van der Waals surface area contributed by atoms with Gasteiger partial charge in [0.15, 0.2) is 0 Å². The highest BCUT2D eigenvalue weighted by atomic mass is 32.2. The Labute approximate surface area is 149 Å². The quantitative estimate of drug-likeness (QED) is 0.857. The average Bonchev–Trinajstić information content (AvgIpc) is 3.03. The molecule has 0 aromatic heterocycles. The van der Waals surface area contributed by atoms with Crippen LogP contribution in [0.5, 0.6) is 5.75 Å². The van der Waals surface area contributed by atoms with Gasteiger partial charge in [-0.25, -0.2) is 8.42 Å². The molecule has 0 amide bonds. The van der Waals surface area contributed by atoms with Crippen LogP contribution in [-0.4, -0.2) is 17.8 Å². The van der Waals surface area contributed by atoms with Crippen LogP contribution in [0.2, 0.25) is 0 Å². The van der Waals surface area contributed by atoms with Crippen molar-refractivity contribution in [3.8, 4) is 17.6 Å². The summed E-state index contributed by atoms with van der Waals surface area (Å²) in [6, 6.07) is 10.4. The molecule has 130 valence electrons. The summed E-state index contributed by atoms with van der Waals surface area (Å²) in [4.78, 5) is 0.272. The summed E-state index contributed by atoms with van der Waals surface area (Å²) in [5, 5.41) is 10.5. The zero-order valence-electron chi connectivity index (χ0n) is 14.4. The molecule has 0 fully saturated rings. The van der Waals surface area contributed by atoms with Crippen molar-refractivity contribution in [1.29, 1.82) is 0 Å². The van der Waals surface area contributed by atoms with Gasteiger partial charge in [0.1, 0.15) is 5.75 Å². The van der Waals surface area contributed by atoms with E-state index in [0.29, 0.717) is 11.1 Å². The summed E-state index contributed by atoms with van der Waals surface area (Å²) in [6.07, 6.45) is 1.73. The van der Waals surface area contributed by atoms with Crippen molar-refractivity contribution in [2.75, 3.05) is 0 Å². The molecule has 0 unspecified atom stereocenters. The molecule has 4 nitrogen and oxygen atoms in total. The van der Waals surface area contributed by atoms with E-state index in [9.17, 15) is 13.5 Å². The molecule has 3 rings (SSSR count). The van der Waals surface area contributed by atoms with Gasteiger partial charge >= 0.3 is 0 Å². The number of fused-ring (bicyclic) bond motifs is 1. The van der Waals surface area contributed by atoms with E-state index in [4.69, 9.17) is 0 Å². The Morgan fingerprint density at radius 1 is 1.12 bits per heavy atom. The van der Waals surface area contributed by atoms with Crippen molar-refractivity contribution in [1.82, 2.24) is 4.31 Å². The first-order valence-corrected chi connectivity index (χ1v) is 9.77.